The van der Waals surface area contributed by atoms with Crippen LogP contribution < -0.4 is 5.73 Å². The Labute approximate surface area is 125 Å². The molecule has 114 valence electrons. The standard InChI is InChI=1S/C17H24N2O2/c18-11-13(8-12-4-2-1-3-5-12)17(21)19-14-6-7-15(19)10-16(20)9-14/h1-5,13-16,20H,6-11,18H2. The summed E-state index contributed by atoms with van der Waals surface area (Å²) in [5.74, 6) is 0.0338. The first-order chi connectivity index (χ1) is 10.2. The van der Waals surface area contributed by atoms with Crippen molar-refractivity contribution in [3.63, 3.8) is 0 Å². The van der Waals surface area contributed by atoms with Gasteiger partial charge in [-0.05, 0) is 37.7 Å². The highest BCUT2D eigenvalue weighted by Gasteiger charge is 2.44. The SMILES string of the molecule is NCC(Cc1ccccc1)C(=O)N1C2CCC1CC(O)C2. The molecule has 2 aliphatic heterocycles. The maximum absolute atomic E-state index is 12.9. The molecule has 2 aliphatic rings. The molecule has 21 heavy (non-hydrogen) atoms. The quantitative estimate of drug-likeness (QED) is 0.878. The van der Waals surface area contributed by atoms with Crippen molar-refractivity contribution in [3.05, 3.63) is 35.9 Å². The Kier molecular flexibility index (Phi) is 4.27. The fourth-order valence-electron chi connectivity index (χ4n) is 3.89. The summed E-state index contributed by atoms with van der Waals surface area (Å²) in [6.07, 6.45) is 3.97. The Morgan fingerprint density at radius 3 is 2.43 bits per heavy atom. The van der Waals surface area contributed by atoms with Crippen LogP contribution >= 0.6 is 0 Å². The number of rotatable bonds is 4. The first kappa shape index (κ1) is 14.5. The molecule has 1 aromatic carbocycles. The van der Waals surface area contributed by atoms with Crippen LogP contribution in [0.5, 0.6) is 0 Å². The monoisotopic (exact) mass is 288 g/mol. The lowest BCUT2D eigenvalue weighted by Crippen LogP contribution is -2.51. The lowest BCUT2D eigenvalue weighted by Gasteiger charge is -2.39. The van der Waals surface area contributed by atoms with Gasteiger partial charge in [0.1, 0.15) is 0 Å². The fourth-order valence-corrected chi connectivity index (χ4v) is 3.89. The van der Waals surface area contributed by atoms with Crippen molar-refractivity contribution in [1.82, 2.24) is 4.90 Å². The Morgan fingerprint density at radius 2 is 1.86 bits per heavy atom. The molecule has 1 aromatic rings. The third kappa shape index (κ3) is 2.97. The minimum Gasteiger partial charge on any atom is -0.393 e. The number of fused-ring (bicyclic) bond motifs is 2. The predicted octanol–water partition coefficient (Wildman–Crippen LogP) is 1.32. The van der Waals surface area contributed by atoms with Gasteiger partial charge in [0.15, 0.2) is 0 Å². The van der Waals surface area contributed by atoms with E-state index in [1.54, 1.807) is 0 Å². The lowest BCUT2D eigenvalue weighted by molar-refractivity contribution is -0.141. The van der Waals surface area contributed by atoms with Crippen molar-refractivity contribution in [2.75, 3.05) is 6.54 Å². The molecule has 0 radical (unpaired) electrons. The third-order valence-corrected chi connectivity index (χ3v) is 4.92. The highest BCUT2D eigenvalue weighted by molar-refractivity contribution is 5.80. The topological polar surface area (TPSA) is 66.6 Å². The van der Waals surface area contributed by atoms with E-state index in [-0.39, 0.29) is 30.0 Å². The zero-order chi connectivity index (χ0) is 14.8. The fraction of sp³-hybridized carbons (Fsp3) is 0.588. The number of hydrogen-bond donors (Lipinski definition) is 2. The Balaban J connectivity index is 1.71. The molecule has 2 fully saturated rings. The zero-order valence-corrected chi connectivity index (χ0v) is 12.3. The Hall–Kier alpha value is -1.39. The maximum Gasteiger partial charge on any atom is 0.227 e. The van der Waals surface area contributed by atoms with Gasteiger partial charge in [0, 0.05) is 18.6 Å². The lowest BCUT2D eigenvalue weighted by atomic mass is 9.94. The summed E-state index contributed by atoms with van der Waals surface area (Å²) in [4.78, 5) is 14.9. The second-order valence-corrected chi connectivity index (χ2v) is 6.38. The molecule has 1 amide bonds. The molecule has 0 saturated carbocycles. The minimum absolute atomic E-state index is 0.147. The molecule has 0 aromatic heterocycles. The first-order valence-corrected chi connectivity index (χ1v) is 7.93. The number of nitrogens with zero attached hydrogens (tertiary/aromatic N) is 1. The van der Waals surface area contributed by atoms with Gasteiger partial charge in [0.25, 0.3) is 0 Å². The molecular weight excluding hydrogens is 264 g/mol. The molecule has 3 N–H and O–H groups in total. The second-order valence-electron chi connectivity index (χ2n) is 6.38. The molecule has 2 saturated heterocycles. The van der Waals surface area contributed by atoms with Crippen LogP contribution in [-0.2, 0) is 11.2 Å². The van der Waals surface area contributed by atoms with E-state index in [0.29, 0.717) is 13.0 Å². The molecule has 3 unspecified atom stereocenters. The number of aliphatic hydroxyl groups is 1. The molecule has 2 bridgehead atoms. The van der Waals surface area contributed by atoms with E-state index >= 15 is 0 Å². The average molecular weight is 288 g/mol. The van der Waals surface area contributed by atoms with E-state index in [0.717, 1.165) is 31.2 Å². The second kappa shape index (κ2) is 6.16. The van der Waals surface area contributed by atoms with E-state index in [9.17, 15) is 9.90 Å². The van der Waals surface area contributed by atoms with Gasteiger partial charge in [-0.3, -0.25) is 4.79 Å². The van der Waals surface area contributed by atoms with Crippen LogP contribution in [0.1, 0.15) is 31.2 Å². The van der Waals surface area contributed by atoms with Crippen molar-refractivity contribution in [3.8, 4) is 0 Å². The van der Waals surface area contributed by atoms with Crippen molar-refractivity contribution in [1.29, 1.82) is 0 Å². The van der Waals surface area contributed by atoms with Crippen LogP contribution in [0.15, 0.2) is 30.3 Å². The van der Waals surface area contributed by atoms with Crippen LogP contribution in [0.25, 0.3) is 0 Å². The highest BCUT2D eigenvalue weighted by atomic mass is 16.3. The van der Waals surface area contributed by atoms with Gasteiger partial charge in [0.2, 0.25) is 5.91 Å². The number of benzene rings is 1. The van der Waals surface area contributed by atoms with E-state index in [2.05, 4.69) is 0 Å². The van der Waals surface area contributed by atoms with Gasteiger partial charge in [-0.15, -0.1) is 0 Å². The van der Waals surface area contributed by atoms with Crippen molar-refractivity contribution in [2.45, 2.75) is 50.3 Å². The maximum atomic E-state index is 12.9. The van der Waals surface area contributed by atoms with Gasteiger partial charge >= 0.3 is 0 Å². The van der Waals surface area contributed by atoms with Gasteiger partial charge in [-0.25, -0.2) is 0 Å². The average Bonchev–Trinajstić information content (AvgIpc) is 2.77. The highest BCUT2D eigenvalue weighted by Crippen LogP contribution is 2.36. The molecule has 3 rings (SSSR count). The number of hydrogen-bond acceptors (Lipinski definition) is 3. The predicted molar refractivity (Wildman–Crippen MR) is 81.6 cm³/mol. The molecule has 3 atom stereocenters. The molecule has 0 spiro atoms. The van der Waals surface area contributed by atoms with Crippen molar-refractivity contribution < 1.29 is 9.90 Å². The smallest absolute Gasteiger partial charge is 0.227 e. The number of carbonyl (C=O) groups is 1. The number of amides is 1. The Bertz CT molecular complexity index is 477. The number of nitrogens with two attached hydrogens (primary N) is 1. The molecule has 4 nitrogen and oxygen atoms in total. The van der Waals surface area contributed by atoms with Gasteiger partial charge < -0.3 is 15.7 Å². The largest absolute Gasteiger partial charge is 0.393 e. The zero-order valence-electron chi connectivity index (χ0n) is 12.3. The van der Waals surface area contributed by atoms with Crippen molar-refractivity contribution in [2.24, 2.45) is 11.7 Å². The summed E-state index contributed by atoms with van der Waals surface area (Å²) in [6.45, 7) is 0.381. The van der Waals surface area contributed by atoms with E-state index < -0.39 is 0 Å². The number of carbonyl (C=O) groups excluding carboxylic acids is 1. The van der Waals surface area contributed by atoms with Crippen LogP contribution in [0.2, 0.25) is 0 Å². The number of piperidine rings is 1. The van der Waals surface area contributed by atoms with Crippen molar-refractivity contribution >= 4 is 5.91 Å². The molecule has 4 heteroatoms. The molecular formula is C17H24N2O2. The van der Waals surface area contributed by atoms with Crippen LogP contribution in [-0.4, -0.2) is 40.6 Å². The van der Waals surface area contributed by atoms with E-state index in [4.69, 9.17) is 5.73 Å². The first-order valence-electron chi connectivity index (χ1n) is 7.93. The van der Waals surface area contributed by atoms with Gasteiger partial charge in [0.05, 0.1) is 12.0 Å². The summed E-state index contributed by atoms with van der Waals surface area (Å²) in [6, 6.07) is 10.5. The van der Waals surface area contributed by atoms with Crippen LogP contribution in [0.3, 0.4) is 0 Å². The van der Waals surface area contributed by atoms with Crippen LogP contribution in [0.4, 0.5) is 0 Å². The Morgan fingerprint density at radius 1 is 1.24 bits per heavy atom. The van der Waals surface area contributed by atoms with Crippen LogP contribution in [0, 0.1) is 5.92 Å². The van der Waals surface area contributed by atoms with E-state index in [1.165, 1.54) is 0 Å². The minimum atomic E-state index is -0.239. The normalized spacial score (nSPS) is 29.4. The van der Waals surface area contributed by atoms with Gasteiger partial charge in [-0.1, -0.05) is 30.3 Å². The third-order valence-electron chi connectivity index (χ3n) is 4.92. The summed E-state index contributed by atoms with van der Waals surface area (Å²) in [7, 11) is 0. The van der Waals surface area contributed by atoms with Gasteiger partial charge in [-0.2, -0.15) is 0 Å². The summed E-state index contributed by atoms with van der Waals surface area (Å²) in [5.41, 5.74) is 7.03. The summed E-state index contributed by atoms with van der Waals surface area (Å²) < 4.78 is 0. The molecule has 2 heterocycles. The summed E-state index contributed by atoms with van der Waals surface area (Å²) >= 11 is 0. The van der Waals surface area contributed by atoms with E-state index in [1.807, 2.05) is 35.2 Å². The summed E-state index contributed by atoms with van der Waals surface area (Å²) in [5, 5.41) is 9.86. The number of aliphatic hydroxyl groups excluding tert-OH is 1. The molecule has 0 aliphatic carbocycles.